The van der Waals surface area contributed by atoms with Crippen LogP contribution in [0, 0.1) is 0 Å². The Morgan fingerprint density at radius 1 is 1.04 bits per heavy atom. The van der Waals surface area contributed by atoms with Crippen LogP contribution >= 0.6 is 23.2 Å². The van der Waals surface area contributed by atoms with E-state index in [0.29, 0.717) is 21.4 Å². The molecule has 0 radical (unpaired) electrons. The van der Waals surface area contributed by atoms with E-state index in [9.17, 15) is 14.4 Å². The molecule has 3 amide bonds. The van der Waals surface area contributed by atoms with Crippen LogP contribution in [0.1, 0.15) is 0 Å². The van der Waals surface area contributed by atoms with Crippen molar-refractivity contribution in [2.75, 3.05) is 16.8 Å². The second-order valence-corrected chi connectivity index (χ2v) is 7.12. The fraction of sp³-hybridized carbons (Fsp3) is 0.167. The highest BCUT2D eigenvalue weighted by Crippen LogP contribution is 2.32. The maximum Gasteiger partial charge on any atom is 0.263 e. The third kappa shape index (κ3) is 3.32. The van der Waals surface area contributed by atoms with Crippen LogP contribution in [0.3, 0.4) is 0 Å². The quantitative estimate of drug-likeness (QED) is 0.773. The van der Waals surface area contributed by atoms with Gasteiger partial charge in [-0.05, 0) is 36.4 Å². The number of nitrogens with one attached hydrogen (secondary N) is 1. The standard InChI is InChI=1S/C18H13Cl2N5O3/c19-10-3-1-5-12(7-10)21-14(26)9-24-16-15(22-23-24)17(27)25(18(16)28)13-6-2-4-11(20)8-13/h1-8,15-16H,9H2,(H,21,26)/t15-,16-/m1/s1. The molecule has 142 valence electrons. The van der Waals surface area contributed by atoms with Gasteiger partial charge in [0.05, 0.1) is 5.69 Å². The second-order valence-electron chi connectivity index (χ2n) is 6.24. The number of fused-ring (bicyclic) bond motifs is 1. The predicted octanol–water partition coefficient (Wildman–Crippen LogP) is 2.93. The van der Waals surface area contributed by atoms with Gasteiger partial charge in [-0.25, -0.2) is 4.90 Å². The van der Waals surface area contributed by atoms with Gasteiger partial charge in [-0.15, -0.1) is 0 Å². The lowest BCUT2D eigenvalue weighted by molar-refractivity contribution is -0.123. The van der Waals surface area contributed by atoms with Gasteiger partial charge in [-0.1, -0.05) is 40.6 Å². The second kappa shape index (κ2) is 7.21. The molecule has 28 heavy (non-hydrogen) atoms. The van der Waals surface area contributed by atoms with Gasteiger partial charge in [-0.3, -0.25) is 19.4 Å². The van der Waals surface area contributed by atoms with Gasteiger partial charge in [0.1, 0.15) is 6.54 Å². The molecule has 1 saturated heterocycles. The number of anilines is 2. The summed E-state index contributed by atoms with van der Waals surface area (Å²) in [5.41, 5.74) is 0.870. The Kier molecular flexibility index (Phi) is 4.74. The first-order valence-electron chi connectivity index (χ1n) is 8.30. The number of hydrogen-bond acceptors (Lipinski definition) is 6. The van der Waals surface area contributed by atoms with Gasteiger partial charge >= 0.3 is 0 Å². The number of amides is 3. The molecule has 2 aliphatic rings. The number of nitrogens with zero attached hydrogens (tertiary/aromatic N) is 4. The zero-order valence-corrected chi connectivity index (χ0v) is 15.8. The molecule has 2 heterocycles. The average Bonchev–Trinajstić information content (AvgIpc) is 3.15. The molecule has 0 saturated carbocycles. The van der Waals surface area contributed by atoms with Crippen molar-refractivity contribution in [2.24, 2.45) is 10.3 Å². The predicted molar refractivity (Wildman–Crippen MR) is 103 cm³/mol. The van der Waals surface area contributed by atoms with Crippen molar-refractivity contribution in [3.63, 3.8) is 0 Å². The van der Waals surface area contributed by atoms with Crippen molar-refractivity contribution in [3.8, 4) is 0 Å². The van der Waals surface area contributed by atoms with Crippen LogP contribution in [0.15, 0.2) is 58.9 Å². The number of imide groups is 1. The molecule has 1 fully saturated rings. The maximum absolute atomic E-state index is 12.9. The Balaban J connectivity index is 1.49. The minimum absolute atomic E-state index is 0.237. The summed E-state index contributed by atoms with van der Waals surface area (Å²) in [6, 6.07) is 11.1. The van der Waals surface area contributed by atoms with E-state index in [0.717, 1.165) is 4.90 Å². The van der Waals surface area contributed by atoms with E-state index in [-0.39, 0.29) is 6.54 Å². The van der Waals surface area contributed by atoms with Gasteiger partial charge in [0.2, 0.25) is 5.91 Å². The van der Waals surface area contributed by atoms with Crippen LogP contribution < -0.4 is 10.2 Å². The average molecular weight is 418 g/mol. The molecule has 8 nitrogen and oxygen atoms in total. The van der Waals surface area contributed by atoms with Crippen molar-refractivity contribution in [1.82, 2.24) is 5.01 Å². The van der Waals surface area contributed by atoms with Gasteiger partial charge in [-0.2, -0.15) is 5.11 Å². The Labute approximate surface area is 169 Å². The minimum atomic E-state index is -0.981. The third-order valence-corrected chi connectivity index (χ3v) is 4.81. The highest BCUT2D eigenvalue weighted by molar-refractivity contribution is 6.32. The first kappa shape index (κ1) is 18.4. The summed E-state index contributed by atoms with van der Waals surface area (Å²) in [4.78, 5) is 38.8. The lowest BCUT2D eigenvalue weighted by Gasteiger charge is -2.20. The topological polar surface area (TPSA) is 94.4 Å². The lowest BCUT2D eigenvalue weighted by Crippen LogP contribution is -2.43. The Morgan fingerprint density at radius 3 is 2.46 bits per heavy atom. The molecule has 0 aliphatic carbocycles. The first-order valence-corrected chi connectivity index (χ1v) is 9.06. The normalized spacial score (nSPS) is 20.6. The highest BCUT2D eigenvalue weighted by Gasteiger charge is 2.55. The Hall–Kier alpha value is -2.97. The van der Waals surface area contributed by atoms with Crippen molar-refractivity contribution in [3.05, 3.63) is 58.6 Å². The molecule has 0 unspecified atom stereocenters. The van der Waals surface area contributed by atoms with E-state index in [2.05, 4.69) is 15.7 Å². The van der Waals surface area contributed by atoms with E-state index < -0.39 is 29.8 Å². The van der Waals surface area contributed by atoms with Gasteiger partial charge in [0, 0.05) is 15.7 Å². The van der Waals surface area contributed by atoms with E-state index in [1.54, 1.807) is 42.5 Å². The Morgan fingerprint density at radius 2 is 1.75 bits per heavy atom. The largest absolute Gasteiger partial charge is 0.324 e. The fourth-order valence-electron chi connectivity index (χ4n) is 3.14. The summed E-state index contributed by atoms with van der Waals surface area (Å²) in [6.45, 7) is -0.237. The van der Waals surface area contributed by atoms with Crippen molar-refractivity contribution >= 4 is 52.3 Å². The summed E-state index contributed by atoms with van der Waals surface area (Å²) in [7, 11) is 0. The van der Waals surface area contributed by atoms with Crippen LogP contribution in [-0.4, -0.2) is 41.4 Å². The number of hydrogen-bond donors (Lipinski definition) is 1. The highest BCUT2D eigenvalue weighted by atomic mass is 35.5. The summed E-state index contributed by atoms with van der Waals surface area (Å²) < 4.78 is 0. The molecule has 2 aliphatic heterocycles. The van der Waals surface area contributed by atoms with E-state index in [4.69, 9.17) is 23.2 Å². The molecular formula is C18H13Cl2N5O3. The molecule has 1 N–H and O–H groups in total. The molecule has 0 spiro atoms. The Bertz CT molecular complexity index is 1010. The third-order valence-electron chi connectivity index (χ3n) is 4.34. The van der Waals surface area contributed by atoms with Crippen LogP contribution in [-0.2, 0) is 14.4 Å². The summed E-state index contributed by atoms with van der Waals surface area (Å²) >= 11 is 11.9. The SMILES string of the molecule is O=C(CN1N=N[C@H]2C(=O)N(c3cccc(Cl)c3)C(=O)[C@@H]21)Nc1cccc(Cl)c1. The smallest absolute Gasteiger partial charge is 0.263 e. The molecule has 0 bridgehead atoms. The molecule has 0 aromatic heterocycles. The first-order chi connectivity index (χ1) is 13.4. The number of carbonyl (C=O) groups is 3. The number of benzene rings is 2. The summed E-state index contributed by atoms with van der Waals surface area (Å²) in [5.74, 6) is -1.42. The van der Waals surface area contributed by atoms with Crippen LogP contribution in [0.25, 0.3) is 0 Å². The van der Waals surface area contributed by atoms with E-state index in [1.807, 2.05) is 0 Å². The maximum atomic E-state index is 12.9. The van der Waals surface area contributed by atoms with E-state index >= 15 is 0 Å². The lowest BCUT2D eigenvalue weighted by atomic mass is 10.1. The number of carbonyl (C=O) groups excluding carboxylic acids is 3. The van der Waals surface area contributed by atoms with Crippen molar-refractivity contribution in [1.29, 1.82) is 0 Å². The molecule has 4 rings (SSSR count). The summed E-state index contributed by atoms with van der Waals surface area (Å²) in [5, 5.41) is 12.5. The van der Waals surface area contributed by atoms with Crippen molar-refractivity contribution < 1.29 is 14.4 Å². The molecule has 2 atom stereocenters. The van der Waals surface area contributed by atoms with Gasteiger partial charge < -0.3 is 5.32 Å². The van der Waals surface area contributed by atoms with Gasteiger partial charge in [0.25, 0.3) is 11.8 Å². The van der Waals surface area contributed by atoms with E-state index in [1.165, 1.54) is 11.1 Å². The zero-order valence-electron chi connectivity index (χ0n) is 14.3. The van der Waals surface area contributed by atoms with Crippen molar-refractivity contribution in [2.45, 2.75) is 12.1 Å². The van der Waals surface area contributed by atoms with Crippen LogP contribution in [0.4, 0.5) is 11.4 Å². The van der Waals surface area contributed by atoms with Crippen LogP contribution in [0.2, 0.25) is 10.0 Å². The summed E-state index contributed by atoms with van der Waals surface area (Å²) in [6.07, 6.45) is 0. The molecule has 2 aromatic rings. The zero-order chi connectivity index (χ0) is 19.8. The number of halogens is 2. The van der Waals surface area contributed by atoms with Crippen LogP contribution in [0.5, 0.6) is 0 Å². The fourth-order valence-corrected chi connectivity index (χ4v) is 3.51. The monoisotopic (exact) mass is 417 g/mol. The molecule has 10 heteroatoms. The number of rotatable bonds is 4. The van der Waals surface area contributed by atoms with Gasteiger partial charge in [0.15, 0.2) is 12.1 Å². The molecule has 2 aromatic carbocycles. The minimum Gasteiger partial charge on any atom is -0.324 e. The molecular weight excluding hydrogens is 405 g/mol.